The van der Waals surface area contributed by atoms with Crippen LogP contribution in [0, 0.1) is 0 Å². The molecule has 1 saturated carbocycles. The standard InChI is InChI=1S/C16H21N5O2/c1-12(21-11-17-10-20-21)16(22)19-9-13-6-7-18-15(8-13)23-14-4-2-3-5-14/h6-8,10-12,14H,2-5,9H2,1H3,(H,19,22). The van der Waals surface area contributed by atoms with Crippen molar-refractivity contribution in [1.82, 2.24) is 25.1 Å². The quantitative estimate of drug-likeness (QED) is 0.880. The van der Waals surface area contributed by atoms with Crippen LogP contribution in [0.15, 0.2) is 31.0 Å². The van der Waals surface area contributed by atoms with Crippen LogP contribution in [0.25, 0.3) is 0 Å². The number of ether oxygens (including phenoxy) is 1. The minimum Gasteiger partial charge on any atom is -0.474 e. The van der Waals surface area contributed by atoms with Crippen LogP contribution >= 0.6 is 0 Å². The molecule has 7 heteroatoms. The van der Waals surface area contributed by atoms with Gasteiger partial charge in [0.15, 0.2) is 0 Å². The van der Waals surface area contributed by atoms with Crippen LogP contribution in [-0.4, -0.2) is 31.8 Å². The first-order chi connectivity index (χ1) is 11.2. The van der Waals surface area contributed by atoms with E-state index in [9.17, 15) is 4.79 Å². The molecule has 2 heterocycles. The van der Waals surface area contributed by atoms with Gasteiger partial charge in [-0.15, -0.1) is 0 Å². The van der Waals surface area contributed by atoms with Gasteiger partial charge in [-0.05, 0) is 44.2 Å². The third-order valence-electron chi connectivity index (χ3n) is 4.07. The SMILES string of the molecule is CC(C(=O)NCc1ccnc(OC2CCCC2)c1)n1cncn1. The molecule has 1 amide bonds. The molecule has 23 heavy (non-hydrogen) atoms. The summed E-state index contributed by atoms with van der Waals surface area (Å²) >= 11 is 0. The molecule has 3 rings (SSSR count). The van der Waals surface area contributed by atoms with E-state index in [4.69, 9.17) is 4.74 Å². The normalized spacial score (nSPS) is 16.2. The smallest absolute Gasteiger partial charge is 0.244 e. The van der Waals surface area contributed by atoms with E-state index in [0.717, 1.165) is 18.4 Å². The van der Waals surface area contributed by atoms with Gasteiger partial charge in [0.05, 0.1) is 0 Å². The molecular formula is C16H21N5O2. The molecule has 2 aromatic heterocycles. The Morgan fingerprint density at radius 1 is 1.48 bits per heavy atom. The highest BCUT2D eigenvalue weighted by Gasteiger charge is 2.17. The summed E-state index contributed by atoms with van der Waals surface area (Å²) < 4.78 is 7.41. The number of hydrogen-bond donors (Lipinski definition) is 1. The largest absolute Gasteiger partial charge is 0.474 e. The lowest BCUT2D eigenvalue weighted by Crippen LogP contribution is -2.30. The van der Waals surface area contributed by atoms with Crippen molar-refractivity contribution in [2.75, 3.05) is 0 Å². The summed E-state index contributed by atoms with van der Waals surface area (Å²) in [6.07, 6.45) is 9.58. The van der Waals surface area contributed by atoms with Gasteiger partial charge in [0.1, 0.15) is 24.8 Å². The average molecular weight is 315 g/mol. The third-order valence-corrected chi connectivity index (χ3v) is 4.07. The Labute approximate surface area is 135 Å². The van der Waals surface area contributed by atoms with Crippen molar-refractivity contribution in [3.63, 3.8) is 0 Å². The number of pyridine rings is 1. The Hall–Kier alpha value is -2.44. The van der Waals surface area contributed by atoms with Crippen molar-refractivity contribution in [2.24, 2.45) is 0 Å². The fourth-order valence-electron chi connectivity index (χ4n) is 2.68. The van der Waals surface area contributed by atoms with Gasteiger partial charge in [0.2, 0.25) is 11.8 Å². The number of aromatic nitrogens is 4. The van der Waals surface area contributed by atoms with Gasteiger partial charge in [0, 0.05) is 18.8 Å². The molecule has 1 aliphatic rings. The second-order valence-corrected chi connectivity index (χ2v) is 5.80. The topological polar surface area (TPSA) is 81.9 Å². The number of hydrogen-bond acceptors (Lipinski definition) is 5. The first-order valence-electron chi connectivity index (χ1n) is 7.96. The lowest BCUT2D eigenvalue weighted by atomic mass is 10.2. The minimum absolute atomic E-state index is 0.106. The number of carbonyl (C=O) groups excluding carboxylic acids is 1. The van der Waals surface area contributed by atoms with Crippen LogP contribution < -0.4 is 10.1 Å². The molecule has 0 aromatic carbocycles. The zero-order valence-corrected chi connectivity index (χ0v) is 13.2. The number of amides is 1. The minimum atomic E-state index is -0.395. The van der Waals surface area contributed by atoms with Crippen molar-refractivity contribution >= 4 is 5.91 Å². The fourth-order valence-corrected chi connectivity index (χ4v) is 2.68. The number of carbonyl (C=O) groups is 1. The van der Waals surface area contributed by atoms with Gasteiger partial charge >= 0.3 is 0 Å². The van der Waals surface area contributed by atoms with Gasteiger partial charge < -0.3 is 10.1 Å². The Balaban J connectivity index is 1.54. The van der Waals surface area contributed by atoms with Crippen LogP contribution in [0.4, 0.5) is 0 Å². The van der Waals surface area contributed by atoms with E-state index in [-0.39, 0.29) is 12.0 Å². The Morgan fingerprint density at radius 2 is 2.30 bits per heavy atom. The van der Waals surface area contributed by atoms with E-state index < -0.39 is 6.04 Å². The van der Waals surface area contributed by atoms with Crippen LogP contribution in [0.3, 0.4) is 0 Å². The average Bonchev–Trinajstić information content (AvgIpc) is 3.25. The summed E-state index contributed by atoms with van der Waals surface area (Å²) in [5.74, 6) is 0.526. The Kier molecular flexibility index (Phi) is 4.85. The molecule has 0 bridgehead atoms. The van der Waals surface area contributed by atoms with Gasteiger partial charge in [0.25, 0.3) is 0 Å². The summed E-state index contributed by atoms with van der Waals surface area (Å²) in [5.41, 5.74) is 0.965. The van der Waals surface area contributed by atoms with Crippen molar-refractivity contribution < 1.29 is 9.53 Å². The predicted molar refractivity (Wildman–Crippen MR) is 83.7 cm³/mol. The predicted octanol–water partition coefficient (Wildman–Crippen LogP) is 1.87. The Morgan fingerprint density at radius 3 is 3.04 bits per heavy atom. The molecule has 1 atom stereocenters. The first-order valence-corrected chi connectivity index (χ1v) is 7.96. The van der Waals surface area contributed by atoms with Crippen LogP contribution in [0.2, 0.25) is 0 Å². The lowest BCUT2D eigenvalue weighted by molar-refractivity contribution is -0.124. The highest BCUT2D eigenvalue weighted by molar-refractivity contribution is 5.79. The van der Waals surface area contributed by atoms with Crippen molar-refractivity contribution in [3.05, 3.63) is 36.5 Å². The van der Waals surface area contributed by atoms with Gasteiger partial charge in [-0.3, -0.25) is 4.79 Å². The van der Waals surface area contributed by atoms with Crippen molar-refractivity contribution in [3.8, 4) is 5.88 Å². The highest BCUT2D eigenvalue weighted by atomic mass is 16.5. The molecule has 7 nitrogen and oxygen atoms in total. The van der Waals surface area contributed by atoms with E-state index >= 15 is 0 Å². The van der Waals surface area contributed by atoms with E-state index in [1.165, 1.54) is 30.2 Å². The van der Waals surface area contributed by atoms with E-state index in [1.807, 2.05) is 12.1 Å². The summed E-state index contributed by atoms with van der Waals surface area (Å²) in [5, 5.41) is 6.88. The van der Waals surface area contributed by atoms with Crippen molar-refractivity contribution in [2.45, 2.75) is 51.3 Å². The summed E-state index contributed by atoms with van der Waals surface area (Å²) in [6.45, 7) is 2.21. The second-order valence-electron chi connectivity index (χ2n) is 5.80. The fraction of sp³-hybridized carbons (Fsp3) is 0.500. The maximum absolute atomic E-state index is 12.1. The molecular weight excluding hydrogens is 294 g/mol. The molecule has 1 aliphatic carbocycles. The van der Waals surface area contributed by atoms with E-state index in [1.54, 1.807) is 13.1 Å². The zero-order chi connectivity index (χ0) is 16.1. The van der Waals surface area contributed by atoms with Crippen LogP contribution in [0.5, 0.6) is 5.88 Å². The molecule has 1 N–H and O–H groups in total. The lowest BCUT2D eigenvalue weighted by Gasteiger charge is -2.14. The first kappa shape index (κ1) is 15.5. The van der Waals surface area contributed by atoms with Gasteiger partial charge in [-0.1, -0.05) is 0 Å². The molecule has 0 aliphatic heterocycles. The second kappa shape index (κ2) is 7.21. The monoisotopic (exact) mass is 315 g/mol. The molecule has 0 spiro atoms. The molecule has 0 radical (unpaired) electrons. The Bertz CT molecular complexity index is 638. The third kappa shape index (κ3) is 4.06. The summed E-state index contributed by atoms with van der Waals surface area (Å²) in [6, 6.07) is 3.37. The molecule has 0 saturated heterocycles. The van der Waals surface area contributed by atoms with Gasteiger partial charge in [-0.25, -0.2) is 14.6 Å². The summed E-state index contributed by atoms with van der Waals surface area (Å²) in [4.78, 5) is 20.2. The van der Waals surface area contributed by atoms with E-state index in [0.29, 0.717) is 12.4 Å². The van der Waals surface area contributed by atoms with Gasteiger partial charge in [-0.2, -0.15) is 5.10 Å². The van der Waals surface area contributed by atoms with E-state index in [2.05, 4.69) is 20.4 Å². The maximum atomic E-state index is 12.1. The van der Waals surface area contributed by atoms with Crippen LogP contribution in [0.1, 0.15) is 44.2 Å². The molecule has 122 valence electrons. The summed E-state index contributed by atoms with van der Waals surface area (Å²) in [7, 11) is 0. The number of rotatable bonds is 6. The van der Waals surface area contributed by atoms with Crippen LogP contribution in [-0.2, 0) is 11.3 Å². The molecule has 2 aromatic rings. The zero-order valence-electron chi connectivity index (χ0n) is 13.2. The highest BCUT2D eigenvalue weighted by Crippen LogP contribution is 2.23. The van der Waals surface area contributed by atoms with Crippen molar-refractivity contribution in [1.29, 1.82) is 0 Å². The number of nitrogens with one attached hydrogen (secondary N) is 1. The number of nitrogens with zero attached hydrogens (tertiary/aromatic N) is 4. The maximum Gasteiger partial charge on any atom is 0.244 e. The molecule has 1 unspecified atom stereocenters. The molecule has 1 fully saturated rings.